The van der Waals surface area contributed by atoms with Gasteiger partial charge < -0.3 is 10.2 Å². The molecule has 1 aromatic rings. The third-order valence-corrected chi connectivity index (χ3v) is 3.79. The summed E-state index contributed by atoms with van der Waals surface area (Å²) in [7, 11) is 0. The predicted octanol–water partition coefficient (Wildman–Crippen LogP) is 2.30. The molecule has 0 saturated carbocycles. The molecule has 1 aliphatic rings. The highest BCUT2D eigenvalue weighted by Gasteiger charge is 2.34. The van der Waals surface area contributed by atoms with E-state index in [9.17, 15) is 4.79 Å². The maximum absolute atomic E-state index is 12.1. The number of nitrogens with one attached hydrogen (secondary N) is 1. The molecule has 1 N–H and O–H groups in total. The Morgan fingerprint density at radius 1 is 1.63 bits per heavy atom. The van der Waals surface area contributed by atoms with Crippen LogP contribution in [0.15, 0.2) is 28.7 Å². The van der Waals surface area contributed by atoms with Gasteiger partial charge in [-0.1, -0.05) is 28.9 Å². The number of nitriles is 1. The van der Waals surface area contributed by atoms with Crippen molar-refractivity contribution in [3.8, 4) is 6.07 Å². The summed E-state index contributed by atoms with van der Waals surface area (Å²) in [5.74, 6) is 0.405. The zero-order valence-electron chi connectivity index (χ0n) is 10.8. The average Bonchev–Trinajstić information content (AvgIpc) is 2.78. The Morgan fingerprint density at radius 2 is 2.42 bits per heavy atom. The summed E-state index contributed by atoms with van der Waals surface area (Å²) in [6.07, 6.45) is 0.823. The lowest BCUT2D eigenvalue weighted by molar-refractivity contribution is -0.122. The Bertz CT molecular complexity index is 512. The third kappa shape index (κ3) is 3.27. The van der Waals surface area contributed by atoms with Gasteiger partial charge in [-0.25, -0.2) is 0 Å². The van der Waals surface area contributed by atoms with Crippen molar-refractivity contribution in [2.75, 3.05) is 18.0 Å². The molecule has 2 atom stereocenters. The van der Waals surface area contributed by atoms with Crippen molar-refractivity contribution in [3.05, 3.63) is 28.7 Å². The normalized spacial score (nSPS) is 22.1. The molecule has 0 bridgehead atoms. The summed E-state index contributed by atoms with van der Waals surface area (Å²) in [4.78, 5) is 14.2. The highest BCUT2D eigenvalue weighted by atomic mass is 79.9. The van der Waals surface area contributed by atoms with Crippen molar-refractivity contribution in [1.82, 2.24) is 5.32 Å². The molecule has 0 aromatic heterocycles. The summed E-state index contributed by atoms with van der Waals surface area (Å²) < 4.78 is 1.00. The van der Waals surface area contributed by atoms with Gasteiger partial charge in [0.05, 0.1) is 6.07 Å². The Hall–Kier alpha value is -1.54. The molecule has 19 heavy (non-hydrogen) atoms. The molecule has 1 saturated heterocycles. The van der Waals surface area contributed by atoms with E-state index >= 15 is 0 Å². The van der Waals surface area contributed by atoms with Gasteiger partial charge in [-0.15, -0.1) is 0 Å². The number of halogens is 1. The fourth-order valence-electron chi connectivity index (χ4n) is 2.48. The van der Waals surface area contributed by atoms with Crippen LogP contribution in [0.4, 0.5) is 5.69 Å². The van der Waals surface area contributed by atoms with Gasteiger partial charge >= 0.3 is 0 Å². The van der Waals surface area contributed by atoms with E-state index < -0.39 is 0 Å². The minimum Gasteiger partial charge on any atom is -0.359 e. The Labute approximate surface area is 121 Å². The fourth-order valence-corrected chi connectivity index (χ4v) is 2.87. The maximum atomic E-state index is 12.1. The molecule has 1 heterocycles. The van der Waals surface area contributed by atoms with Gasteiger partial charge in [-0.05, 0) is 30.5 Å². The van der Waals surface area contributed by atoms with E-state index in [0.717, 1.165) is 23.1 Å². The maximum Gasteiger partial charge on any atom is 0.243 e. The van der Waals surface area contributed by atoms with Gasteiger partial charge in [0.25, 0.3) is 0 Å². The predicted molar refractivity (Wildman–Crippen MR) is 77.7 cm³/mol. The number of hydrogen-bond donors (Lipinski definition) is 1. The Balaban J connectivity index is 2.18. The van der Waals surface area contributed by atoms with Crippen LogP contribution in [0.2, 0.25) is 0 Å². The van der Waals surface area contributed by atoms with Crippen LogP contribution in [-0.4, -0.2) is 25.0 Å². The molecule has 1 unspecified atom stereocenters. The first-order valence-corrected chi connectivity index (χ1v) is 7.08. The lowest BCUT2D eigenvalue weighted by atomic mass is 10.1. The first kappa shape index (κ1) is 13.9. The van der Waals surface area contributed by atoms with E-state index in [1.807, 2.05) is 30.3 Å². The van der Waals surface area contributed by atoms with Crippen molar-refractivity contribution in [2.45, 2.75) is 19.4 Å². The van der Waals surface area contributed by atoms with Crippen LogP contribution < -0.4 is 10.2 Å². The van der Waals surface area contributed by atoms with Gasteiger partial charge in [-0.3, -0.25) is 4.79 Å². The summed E-state index contributed by atoms with van der Waals surface area (Å²) in [5.41, 5.74) is 1.04. The number of amides is 1. The van der Waals surface area contributed by atoms with Crippen molar-refractivity contribution in [2.24, 2.45) is 5.92 Å². The molecule has 4 nitrogen and oxygen atoms in total. The van der Waals surface area contributed by atoms with E-state index in [1.165, 1.54) is 0 Å². The van der Waals surface area contributed by atoms with Crippen LogP contribution in [-0.2, 0) is 4.79 Å². The number of anilines is 1. The largest absolute Gasteiger partial charge is 0.359 e. The van der Waals surface area contributed by atoms with Gasteiger partial charge in [0.1, 0.15) is 12.6 Å². The number of rotatable bonds is 3. The summed E-state index contributed by atoms with van der Waals surface area (Å²) in [6, 6.07) is 9.71. The molecule has 5 heteroatoms. The standard InChI is InChI=1S/C14H16BrN3O/c1-10-7-13(14(19)17-6-5-16)18(9-10)12-4-2-3-11(15)8-12/h2-4,8,10,13H,6-7,9H2,1H3,(H,17,19)/t10-,13?/m0/s1. The van der Waals surface area contributed by atoms with E-state index in [-0.39, 0.29) is 18.5 Å². The first-order valence-electron chi connectivity index (χ1n) is 6.28. The summed E-state index contributed by atoms with van der Waals surface area (Å²) >= 11 is 3.45. The number of carbonyl (C=O) groups is 1. The number of hydrogen-bond acceptors (Lipinski definition) is 3. The van der Waals surface area contributed by atoms with Gasteiger partial charge in [-0.2, -0.15) is 5.26 Å². The minimum absolute atomic E-state index is 0.0640. The first-order chi connectivity index (χ1) is 9.11. The van der Waals surface area contributed by atoms with Gasteiger partial charge in [0.2, 0.25) is 5.91 Å². The lowest BCUT2D eigenvalue weighted by Crippen LogP contribution is -2.43. The van der Waals surface area contributed by atoms with E-state index in [4.69, 9.17) is 5.26 Å². The second-order valence-corrected chi connectivity index (χ2v) is 5.78. The molecule has 1 aliphatic heterocycles. The third-order valence-electron chi connectivity index (χ3n) is 3.29. The molecule has 1 aromatic carbocycles. The van der Waals surface area contributed by atoms with E-state index in [2.05, 4.69) is 33.1 Å². The molecular formula is C14H16BrN3O. The minimum atomic E-state index is -0.183. The van der Waals surface area contributed by atoms with Crippen LogP contribution in [0, 0.1) is 17.2 Å². The second-order valence-electron chi connectivity index (χ2n) is 4.86. The van der Waals surface area contributed by atoms with Gasteiger partial charge in [0.15, 0.2) is 0 Å². The van der Waals surface area contributed by atoms with Crippen LogP contribution in [0.1, 0.15) is 13.3 Å². The number of carbonyl (C=O) groups excluding carboxylic acids is 1. The molecule has 1 fully saturated rings. The molecular weight excluding hydrogens is 306 g/mol. The molecule has 100 valence electrons. The highest BCUT2D eigenvalue weighted by Crippen LogP contribution is 2.30. The monoisotopic (exact) mass is 321 g/mol. The number of benzene rings is 1. The van der Waals surface area contributed by atoms with Crippen LogP contribution in [0.25, 0.3) is 0 Å². The second kappa shape index (κ2) is 6.07. The molecule has 0 spiro atoms. The van der Waals surface area contributed by atoms with Crippen molar-refractivity contribution >= 4 is 27.5 Å². The highest BCUT2D eigenvalue weighted by molar-refractivity contribution is 9.10. The Kier molecular flexibility index (Phi) is 4.43. The Morgan fingerprint density at radius 3 is 3.11 bits per heavy atom. The zero-order valence-corrected chi connectivity index (χ0v) is 12.4. The summed E-state index contributed by atoms with van der Waals surface area (Å²) in [5, 5.41) is 11.2. The van der Waals surface area contributed by atoms with Crippen LogP contribution in [0.3, 0.4) is 0 Å². The zero-order chi connectivity index (χ0) is 13.8. The van der Waals surface area contributed by atoms with Crippen molar-refractivity contribution < 1.29 is 4.79 Å². The van der Waals surface area contributed by atoms with Gasteiger partial charge in [0, 0.05) is 16.7 Å². The van der Waals surface area contributed by atoms with E-state index in [1.54, 1.807) is 0 Å². The van der Waals surface area contributed by atoms with E-state index in [0.29, 0.717) is 5.92 Å². The summed E-state index contributed by atoms with van der Waals surface area (Å²) in [6.45, 7) is 3.07. The smallest absolute Gasteiger partial charge is 0.243 e. The molecule has 0 aliphatic carbocycles. The topological polar surface area (TPSA) is 56.1 Å². The van der Waals surface area contributed by atoms with Crippen molar-refractivity contribution in [3.63, 3.8) is 0 Å². The quantitative estimate of drug-likeness (QED) is 0.869. The molecule has 0 radical (unpaired) electrons. The average molecular weight is 322 g/mol. The molecule has 1 amide bonds. The SMILES string of the molecule is C[C@H]1CC(C(=O)NCC#N)N(c2cccc(Br)c2)C1. The number of nitrogens with zero attached hydrogens (tertiary/aromatic N) is 2. The molecule has 2 rings (SSSR count). The lowest BCUT2D eigenvalue weighted by Gasteiger charge is -2.25. The van der Waals surface area contributed by atoms with Crippen molar-refractivity contribution in [1.29, 1.82) is 5.26 Å². The van der Waals surface area contributed by atoms with Crippen LogP contribution >= 0.6 is 15.9 Å². The fraction of sp³-hybridized carbons (Fsp3) is 0.429. The van der Waals surface area contributed by atoms with Crippen LogP contribution in [0.5, 0.6) is 0 Å².